The van der Waals surface area contributed by atoms with Gasteiger partial charge in [-0.15, -0.1) is 0 Å². The van der Waals surface area contributed by atoms with Gasteiger partial charge in [-0.2, -0.15) is 9.64 Å². The molecule has 0 fully saturated rings. The predicted molar refractivity (Wildman–Crippen MR) is 85.2 cm³/mol. The first-order valence-corrected chi connectivity index (χ1v) is 8.98. The van der Waals surface area contributed by atoms with E-state index >= 15 is 0 Å². The van der Waals surface area contributed by atoms with Gasteiger partial charge in [0.2, 0.25) is 0 Å². The molecule has 3 rings (SSSR count). The summed E-state index contributed by atoms with van der Waals surface area (Å²) in [7, 11) is -3.53. The van der Waals surface area contributed by atoms with Crippen LogP contribution in [0.25, 0.3) is 11.5 Å². The second-order valence-electron chi connectivity index (χ2n) is 4.62. The van der Waals surface area contributed by atoms with Gasteiger partial charge in [-0.05, 0) is 47.9 Å². The summed E-state index contributed by atoms with van der Waals surface area (Å²) in [5.41, 5.74) is 1.02. The van der Waals surface area contributed by atoms with Gasteiger partial charge in [0.15, 0.2) is 15.7 Å². The highest BCUT2D eigenvalue weighted by atomic mass is 32.2. The van der Waals surface area contributed by atoms with Gasteiger partial charge in [0.05, 0.1) is 16.5 Å². The average molecular weight is 342 g/mol. The van der Waals surface area contributed by atoms with Crippen LogP contribution in [-0.4, -0.2) is 22.8 Å². The zero-order valence-corrected chi connectivity index (χ0v) is 13.4. The van der Waals surface area contributed by atoms with Crippen LogP contribution in [0.2, 0.25) is 0 Å². The summed E-state index contributed by atoms with van der Waals surface area (Å²) in [5, 5.41) is 9.15. The maximum Gasteiger partial charge on any atom is 0.191 e. The summed E-state index contributed by atoms with van der Waals surface area (Å²) in [6.07, 6.45) is 1.63. The molecule has 8 heteroatoms. The molecule has 23 heavy (non-hydrogen) atoms. The van der Waals surface area contributed by atoms with E-state index < -0.39 is 9.84 Å². The maximum absolute atomic E-state index is 12.4. The van der Waals surface area contributed by atoms with Crippen LogP contribution >= 0.6 is 11.5 Å². The first kappa shape index (κ1) is 15.3. The van der Waals surface area contributed by atoms with Gasteiger partial charge in [0.1, 0.15) is 16.5 Å². The topological polar surface area (TPSA) is 96.6 Å². The third-order valence-corrected chi connectivity index (χ3v) is 5.56. The third-order valence-electron chi connectivity index (χ3n) is 3.02. The minimum Gasteiger partial charge on any atom is -0.253 e. The van der Waals surface area contributed by atoms with Crippen molar-refractivity contribution in [3.8, 4) is 17.6 Å². The lowest BCUT2D eigenvalue weighted by Crippen LogP contribution is -2.04. The Balaban J connectivity index is 1.84. The lowest BCUT2D eigenvalue weighted by molar-refractivity contribution is 0.595. The molecule has 0 aliphatic rings. The van der Waals surface area contributed by atoms with Crippen molar-refractivity contribution in [1.29, 1.82) is 5.26 Å². The standard InChI is InChI=1S/C15H10N4O2S2/c16-9-11-4-6-12(7-5-11)23(20,21)10-14-18-15(19-22-14)13-3-1-2-8-17-13/h1-8H,10H2. The molecule has 1 aromatic carbocycles. The number of sulfone groups is 1. The molecule has 0 spiro atoms. The quantitative estimate of drug-likeness (QED) is 0.722. The number of aromatic nitrogens is 3. The second kappa shape index (κ2) is 6.24. The molecule has 114 valence electrons. The number of rotatable bonds is 4. The van der Waals surface area contributed by atoms with Crippen LogP contribution in [-0.2, 0) is 15.6 Å². The van der Waals surface area contributed by atoms with Crippen LogP contribution in [0.4, 0.5) is 0 Å². The van der Waals surface area contributed by atoms with E-state index in [1.165, 1.54) is 24.3 Å². The van der Waals surface area contributed by atoms with Crippen molar-refractivity contribution >= 4 is 21.4 Å². The van der Waals surface area contributed by atoms with Crippen LogP contribution in [0.15, 0.2) is 53.6 Å². The predicted octanol–water partition coefficient (Wildman–Crippen LogP) is 2.45. The smallest absolute Gasteiger partial charge is 0.191 e. The van der Waals surface area contributed by atoms with E-state index in [0.29, 0.717) is 22.1 Å². The summed E-state index contributed by atoms with van der Waals surface area (Å²) in [6.45, 7) is 0. The van der Waals surface area contributed by atoms with Crippen molar-refractivity contribution in [3.63, 3.8) is 0 Å². The second-order valence-corrected chi connectivity index (χ2v) is 7.45. The molecule has 0 atom stereocenters. The highest BCUT2D eigenvalue weighted by Crippen LogP contribution is 2.21. The Kier molecular flexibility index (Phi) is 4.14. The van der Waals surface area contributed by atoms with Gasteiger partial charge in [0, 0.05) is 6.20 Å². The van der Waals surface area contributed by atoms with E-state index in [1.807, 2.05) is 12.1 Å². The van der Waals surface area contributed by atoms with Crippen molar-refractivity contribution in [2.75, 3.05) is 0 Å². The van der Waals surface area contributed by atoms with E-state index in [1.54, 1.807) is 18.3 Å². The fourth-order valence-electron chi connectivity index (χ4n) is 1.90. The lowest BCUT2D eigenvalue weighted by atomic mass is 10.2. The Morgan fingerprint density at radius 1 is 1.13 bits per heavy atom. The minimum atomic E-state index is -3.53. The highest BCUT2D eigenvalue weighted by molar-refractivity contribution is 7.90. The number of nitriles is 1. The molecule has 6 nitrogen and oxygen atoms in total. The lowest BCUT2D eigenvalue weighted by Gasteiger charge is -2.01. The van der Waals surface area contributed by atoms with Crippen molar-refractivity contribution in [1.82, 2.24) is 14.3 Å². The van der Waals surface area contributed by atoms with E-state index in [2.05, 4.69) is 14.3 Å². The van der Waals surface area contributed by atoms with Crippen LogP contribution < -0.4 is 0 Å². The molecule has 0 saturated heterocycles. The van der Waals surface area contributed by atoms with Gasteiger partial charge in [0.25, 0.3) is 0 Å². The van der Waals surface area contributed by atoms with Gasteiger partial charge >= 0.3 is 0 Å². The molecule has 2 heterocycles. The van der Waals surface area contributed by atoms with Crippen LogP contribution in [0.3, 0.4) is 0 Å². The van der Waals surface area contributed by atoms with Crippen molar-refractivity contribution in [2.45, 2.75) is 10.6 Å². The Labute approximate surface area is 137 Å². The molecule has 0 amide bonds. The Morgan fingerprint density at radius 3 is 2.57 bits per heavy atom. The van der Waals surface area contributed by atoms with Gasteiger partial charge in [-0.25, -0.2) is 13.4 Å². The molecule has 0 aliphatic carbocycles. The molecule has 3 aromatic rings. The van der Waals surface area contributed by atoms with Crippen LogP contribution in [0, 0.1) is 11.3 Å². The largest absolute Gasteiger partial charge is 0.253 e. The molecule has 0 bridgehead atoms. The summed E-state index contributed by atoms with van der Waals surface area (Å²) >= 11 is 1.04. The van der Waals surface area contributed by atoms with E-state index in [9.17, 15) is 8.42 Å². The van der Waals surface area contributed by atoms with Crippen molar-refractivity contribution in [2.24, 2.45) is 0 Å². The molecule has 0 saturated carbocycles. The molecule has 0 N–H and O–H groups in total. The molecule has 2 aromatic heterocycles. The zero-order chi connectivity index (χ0) is 16.3. The number of hydrogen-bond donors (Lipinski definition) is 0. The Hall–Kier alpha value is -2.63. The summed E-state index contributed by atoms with van der Waals surface area (Å²) in [4.78, 5) is 8.53. The molecule has 0 radical (unpaired) electrons. The molecular weight excluding hydrogens is 332 g/mol. The van der Waals surface area contributed by atoms with Crippen molar-refractivity contribution < 1.29 is 8.42 Å². The summed E-state index contributed by atoms with van der Waals surface area (Å²) in [5.74, 6) is 0.185. The van der Waals surface area contributed by atoms with Gasteiger partial charge in [-0.1, -0.05) is 6.07 Å². The number of hydrogen-bond acceptors (Lipinski definition) is 7. The Bertz CT molecular complexity index is 959. The normalized spacial score (nSPS) is 11.1. The fraction of sp³-hybridized carbons (Fsp3) is 0.0667. The van der Waals surface area contributed by atoms with Gasteiger partial charge in [-0.3, -0.25) is 4.98 Å². The first-order valence-electron chi connectivity index (χ1n) is 6.55. The monoisotopic (exact) mass is 342 g/mol. The molecule has 0 aliphatic heterocycles. The number of benzene rings is 1. The van der Waals surface area contributed by atoms with Gasteiger partial charge < -0.3 is 0 Å². The SMILES string of the molecule is N#Cc1ccc(S(=O)(=O)Cc2nc(-c3ccccn3)ns2)cc1. The third kappa shape index (κ3) is 3.41. The van der Waals surface area contributed by atoms with E-state index in [0.717, 1.165) is 11.5 Å². The zero-order valence-electron chi connectivity index (χ0n) is 11.7. The summed E-state index contributed by atoms with van der Waals surface area (Å²) in [6, 6.07) is 13.1. The van der Waals surface area contributed by atoms with E-state index in [4.69, 9.17) is 5.26 Å². The summed E-state index contributed by atoms with van der Waals surface area (Å²) < 4.78 is 28.9. The highest BCUT2D eigenvalue weighted by Gasteiger charge is 2.19. The average Bonchev–Trinajstić information content (AvgIpc) is 3.03. The minimum absolute atomic E-state index is 0.158. The first-order chi connectivity index (χ1) is 11.1. The number of pyridine rings is 1. The number of nitrogens with zero attached hydrogens (tertiary/aromatic N) is 4. The fourth-order valence-corrected chi connectivity index (χ4v) is 4.13. The Morgan fingerprint density at radius 2 is 1.91 bits per heavy atom. The van der Waals surface area contributed by atoms with E-state index in [-0.39, 0.29) is 10.6 Å². The molecule has 0 unspecified atom stereocenters. The maximum atomic E-state index is 12.4. The van der Waals surface area contributed by atoms with Crippen molar-refractivity contribution in [3.05, 3.63) is 59.2 Å². The van der Waals surface area contributed by atoms with Crippen LogP contribution in [0.5, 0.6) is 0 Å². The van der Waals surface area contributed by atoms with Crippen LogP contribution in [0.1, 0.15) is 10.6 Å². The molecular formula is C15H10N4O2S2.